The van der Waals surface area contributed by atoms with Crippen LogP contribution < -0.4 is 11.1 Å². The molecular weight excluding hydrogens is 310 g/mol. The molecule has 0 aliphatic heterocycles. The third-order valence-corrected chi connectivity index (χ3v) is 4.46. The van der Waals surface area contributed by atoms with Crippen LogP contribution in [0.1, 0.15) is 30.0 Å². The Hall–Kier alpha value is -2.33. The lowest BCUT2D eigenvalue weighted by atomic mass is 10.1. The largest absolute Gasteiger partial charge is 0.376 e. The number of rotatable bonds is 7. The molecule has 0 aromatic heterocycles. The molecule has 1 aliphatic carbocycles. The van der Waals surface area contributed by atoms with Crippen molar-refractivity contribution in [3.8, 4) is 0 Å². The Balaban J connectivity index is 1.41. The first-order valence-electron chi connectivity index (χ1n) is 9.01. The predicted molar refractivity (Wildman–Crippen MR) is 104 cm³/mol. The number of aliphatic imine (C=N–C) groups is 1. The SMILES string of the molecule is CC(CN=C(N)Nc1ccc2c(c1)CCC2)COCc1ccccc1. The summed E-state index contributed by atoms with van der Waals surface area (Å²) in [7, 11) is 0. The Morgan fingerprint density at radius 2 is 1.96 bits per heavy atom. The number of aryl methyl sites for hydroxylation is 2. The second kappa shape index (κ2) is 8.67. The van der Waals surface area contributed by atoms with Crippen molar-refractivity contribution in [3.05, 3.63) is 65.2 Å². The summed E-state index contributed by atoms with van der Waals surface area (Å²) in [4.78, 5) is 4.44. The summed E-state index contributed by atoms with van der Waals surface area (Å²) in [6, 6.07) is 16.7. The van der Waals surface area contributed by atoms with Crippen molar-refractivity contribution < 1.29 is 4.74 Å². The fourth-order valence-corrected chi connectivity index (χ4v) is 3.10. The van der Waals surface area contributed by atoms with E-state index in [9.17, 15) is 0 Å². The highest BCUT2D eigenvalue weighted by atomic mass is 16.5. The molecule has 1 unspecified atom stereocenters. The highest BCUT2D eigenvalue weighted by Gasteiger charge is 2.11. The van der Waals surface area contributed by atoms with Gasteiger partial charge in [-0.25, -0.2) is 0 Å². The third-order valence-electron chi connectivity index (χ3n) is 4.46. The molecule has 2 aromatic rings. The number of nitrogens with one attached hydrogen (secondary N) is 1. The van der Waals surface area contributed by atoms with E-state index >= 15 is 0 Å². The molecule has 4 nitrogen and oxygen atoms in total. The topological polar surface area (TPSA) is 59.6 Å². The Kier molecular flexibility index (Phi) is 6.07. The van der Waals surface area contributed by atoms with Crippen LogP contribution in [0.5, 0.6) is 0 Å². The standard InChI is InChI=1S/C21H27N3O/c1-16(14-25-15-17-6-3-2-4-7-17)13-23-21(22)24-20-11-10-18-8-5-9-19(18)12-20/h2-4,6-7,10-12,16H,5,8-9,13-15H2,1H3,(H3,22,23,24). The minimum Gasteiger partial charge on any atom is -0.376 e. The van der Waals surface area contributed by atoms with Crippen molar-refractivity contribution in [1.29, 1.82) is 0 Å². The summed E-state index contributed by atoms with van der Waals surface area (Å²) >= 11 is 0. The van der Waals surface area contributed by atoms with Gasteiger partial charge in [-0.1, -0.05) is 43.3 Å². The van der Waals surface area contributed by atoms with Crippen LogP contribution in [-0.2, 0) is 24.2 Å². The average Bonchev–Trinajstić information content (AvgIpc) is 3.09. The summed E-state index contributed by atoms with van der Waals surface area (Å²) < 4.78 is 5.75. The number of nitrogens with zero attached hydrogens (tertiary/aromatic N) is 1. The molecule has 0 fully saturated rings. The van der Waals surface area contributed by atoms with Gasteiger partial charge in [0.25, 0.3) is 0 Å². The zero-order valence-corrected chi connectivity index (χ0v) is 14.9. The summed E-state index contributed by atoms with van der Waals surface area (Å²) in [6.45, 7) is 4.08. The Morgan fingerprint density at radius 1 is 1.16 bits per heavy atom. The fourth-order valence-electron chi connectivity index (χ4n) is 3.10. The third kappa shape index (κ3) is 5.33. The minimum atomic E-state index is 0.323. The number of hydrogen-bond donors (Lipinski definition) is 2. The maximum atomic E-state index is 6.02. The van der Waals surface area contributed by atoms with E-state index in [1.165, 1.54) is 29.5 Å². The van der Waals surface area contributed by atoms with E-state index in [4.69, 9.17) is 10.5 Å². The molecule has 0 amide bonds. The molecule has 4 heteroatoms. The number of fused-ring (bicyclic) bond motifs is 1. The molecule has 0 saturated carbocycles. The van der Waals surface area contributed by atoms with Crippen LogP contribution in [0.2, 0.25) is 0 Å². The van der Waals surface area contributed by atoms with Crippen molar-refractivity contribution in [3.63, 3.8) is 0 Å². The van der Waals surface area contributed by atoms with E-state index in [-0.39, 0.29) is 0 Å². The number of benzene rings is 2. The maximum Gasteiger partial charge on any atom is 0.193 e. The molecule has 0 radical (unpaired) electrons. The zero-order chi connectivity index (χ0) is 17.5. The van der Waals surface area contributed by atoms with Crippen molar-refractivity contribution in [1.82, 2.24) is 0 Å². The van der Waals surface area contributed by atoms with Gasteiger partial charge in [0.15, 0.2) is 5.96 Å². The second-order valence-electron chi connectivity index (χ2n) is 6.79. The number of anilines is 1. The highest BCUT2D eigenvalue weighted by molar-refractivity contribution is 5.92. The average molecular weight is 337 g/mol. The van der Waals surface area contributed by atoms with Crippen molar-refractivity contribution in [2.75, 3.05) is 18.5 Å². The number of nitrogens with two attached hydrogens (primary N) is 1. The van der Waals surface area contributed by atoms with Crippen molar-refractivity contribution >= 4 is 11.6 Å². The minimum absolute atomic E-state index is 0.323. The summed E-state index contributed by atoms with van der Waals surface area (Å²) in [6.07, 6.45) is 3.61. The van der Waals surface area contributed by atoms with Crippen LogP contribution in [0.15, 0.2) is 53.5 Å². The number of guanidine groups is 1. The Morgan fingerprint density at radius 3 is 2.80 bits per heavy atom. The van der Waals surface area contributed by atoms with Crippen LogP contribution in [0.4, 0.5) is 5.69 Å². The highest BCUT2D eigenvalue weighted by Crippen LogP contribution is 2.24. The maximum absolute atomic E-state index is 6.02. The lowest BCUT2D eigenvalue weighted by molar-refractivity contribution is 0.0945. The molecule has 1 atom stereocenters. The molecule has 0 heterocycles. The Bertz CT molecular complexity index is 712. The van der Waals surface area contributed by atoms with Gasteiger partial charge in [-0.2, -0.15) is 0 Å². The molecule has 0 saturated heterocycles. The first-order valence-corrected chi connectivity index (χ1v) is 9.01. The van der Waals surface area contributed by atoms with E-state index in [0.29, 0.717) is 31.6 Å². The smallest absolute Gasteiger partial charge is 0.193 e. The lowest BCUT2D eigenvalue weighted by Gasteiger charge is -2.11. The molecule has 132 valence electrons. The van der Waals surface area contributed by atoms with Gasteiger partial charge in [0.2, 0.25) is 0 Å². The second-order valence-corrected chi connectivity index (χ2v) is 6.79. The van der Waals surface area contributed by atoms with Crippen LogP contribution in [-0.4, -0.2) is 19.1 Å². The first kappa shape index (κ1) is 17.5. The number of ether oxygens (including phenoxy) is 1. The first-order chi connectivity index (χ1) is 12.2. The van der Waals surface area contributed by atoms with Crippen LogP contribution in [0.3, 0.4) is 0 Å². The molecule has 0 bridgehead atoms. The predicted octanol–water partition coefficient (Wildman–Crippen LogP) is 3.75. The summed E-state index contributed by atoms with van der Waals surface area (Å²) in [5.41, 5.74) is 11.1. The molecule has 25 heavy (non-hydrogen) atoms. The fraction of sp³-hybridized carbons (Fsp3) is 0.381. The molecule has 1 aliphatic rings. The van der Waals surface area contributed by atoms with Gasteiger partial charge in [-0.3, -0.25) is 4.99 Å². The molecular formula is C21H27N3O. The van der Waals surface area contributed by atoms with Crippen LogP contribution in [0.25, 0.3) is 0 Å². The van der Waals surface area contributed by atoms with Gasteiger partial charge in [0, 0.05) is 12.2 Å². The molecule has 0 spiro atoms. The van der Waals surface area contributed by atoms with Gasteiger partial charge in [0.1, 0.15) is 0 Å². The van der Waals surface area contributed by atoms with E-state index < -0.39 is 0 Å². The number of hydrogen-bond acceptors (Lipinski definition) is 2. The molecule has 2 aromatic carbocycles. The zero-order valence-electron chi connectivity index (χ0n) is 14.9. The summed E-state index contributed by atoms with van der Waals surface area (Å²) in [5, 5.41) is 3.20. The van der Waals surface area contributed by atoms with E-state index in [1.54, 1.807) is 0 Å². The molecule has 3 N–H and O–H groups in total. The Labute approximate surface area is 150 Å². The lowest BCUT2D eigenvalue weighted by Crippen LogP contribution is -2.24. The van der Waals surface area contributed by atoms with Gasteiger partial charge < -0.3 is 15.8 Å². The van der Waals surface area contributed by atoms with Crippen molar-refractivity contribution in [2.24, 2.45) is 16.6 Å². The normalized spacial score (nSPS) is 15.0. The van der Waals surface area contributed by atoms with Crippen LogP contribution >= 0.6 is 0 Å². The van der Waals surface area contributed by atoms with E-state index in [2.05, 4.69) is 47.6 Å². The van der Waals surface area contributed by atoms with Gasteiger partial charge in [-0.15, -0.1) is 0 Å². The summed E-state index contributed by atoms with van der Waals surface area (Å²) in [5.74, 6) is 0.789. The van der Waals surface area contributed by atoms with Gasteiger partial charge >= 0.3 is 0 Å². The van der Waals surface area contributed by atoms with Gasteiger partial charge in [0.05, 0.1) is 13.2 Å². The quantitative estimate of drug-likeness (QED) is 0.597. The van der Waals surface area contributed by atoms with E-state index in [1.807, 2.05) is 18.2 Å². The van der Waals surface area contributed by atoms with Crippen molar-refractivity contribution in [2.45, 2.75) is 32.8 Å². The van der Waals surface area contributed by atoms with Gasteiger partial charge in [-0.05, 0) is 54.0 Å². The monoisotopic (exact) mass is 337 g/mol. The van der Waals surface area contributed by atoms with Crippen LogP contribution in [0, 0.1) is 5.92 Å². The molecule has 3 rings (SSSR count). The van der Waals surface area contributed by atoms with E-state index in [0.717, 1.165) is 12.1 Å².